The molecule has 0 radical (unpaired) electrons. The van der Waals surface area contributed by atoms with Gasteiger partial charge in [0, 0.05) is 34.8 Å². The van der Waals surface area contributed by atoms with Crippen LogP contribution in [-0.2, 0) is 6.54 Å². The van der Waals surface area contributed by atoms with E-state index >= 15 is 0 Å². The number of fused-ring (bicyclic) bond motifs is 1. The van der Waals surface area contributed by atoms with Gasteiger partial charge in [-0.2, -0.15) is 5.10 Å². The van der Waals surface area contributed by atoms with E-state index in [1.807, 2.05) is 48.5 Å². The monoisotopic (exact) mass is 353 g/mol. The van der Waals surface area contributed by atoms with E-state index in [-0.39, 0.29) is 5.91 Å². The Morgan fingerprint density at radius 3 is 2.33 bits per heavy atom. The second-order valence-electron chi connectivity index (χ2n) is 6.28. The smallest absolute Gasteiger partial charge is 0.271 e. The van der Waals surface area contributed by atoms with Gasteiger partial charge in [0.15, 0.2) is 0 Å². The zero-order chi connectivity index (χ0) is 18.5. The van der Waals surface area contributed by atoms with Gasteiger partial charge in [0.1, 0.15) is 0 Å². The van der Waals surface area contributed by atoms with E-state index in [0.717, 1.165) is 23.0 Å². The molecular formula is C23H19N3O. The molecule has 1 N–H and O–H groups in total. The van der Waals surface area contributed by atoms with E-state index in [2.05, 4.69) is 45.6 Å². The van der Waals surface area contributed by atoms with Crippen molar-refractivity contribution in [2.75, 3.05) is 0 Å². The van der Waals surface area contributed by atoms with Crippen molar-refractivity contribution in [2.45, 2.75) is 6.54 Å². The van der Waals surface area contributed by atoms with Gasteiger partial charge in [0.2, 0.25) is 0 Å². The van der Waals surface area contributed by atoms with Gasteiger partial charge in [-0.3, -0.25) is 4.79 Å². The van der Waals surface area contributed by atoms with Crippen molar-refractivity contribution in [3.05, 3.63) is 108 Å². The maximum atomic E-state index is 12.1. The summed E-state index contributed by atoms with van der Waals surface area (Å²) in [5, 5.41) is 5.25. The number of amides is 1. The molecule has 4 heteroatoms. The Bertz CT molecular complexity index is 1080. The minimum Gasteiger partial charge on any atom is -0.342 e. The molecule has 0 aliphatic heterocycles. The minimum absolute atomic E-state index is 0.222. The number of hydrogen-bond acceptors (Lipinski definition) is 2. The Balaban J connectivity index is 1.57. The fourth-order valence-electron chi connectivity index (χ4n) is 3.10. The minimum atomic E-state index is -0.222. The molecule has 1 aromatic heterocycles. The summed E-state index contributed by atoms with van der Waals surface area (Å²) in [7, 11) is 0. The number of hydrogen-bond donors (Lipinski definition) is 1. The molecule has 3 aromatic carbocycles. The predicted molar refractivity (Wildman–Crippen MR) is 109 cm³/mol. The fraction of sp³-hybridized carbons (Fsp3) is 0.0435. The van der Waals surface area contributed by atoms with Gasteiger partial charge in [-0.25, -0.2) is 5.43 Å². The predicted octanol–water partition coefficient (Wildman–Crippen LogP) is 4.45. The van der Waals surface area contributed by atoms with Crippen LogP contribution in [0, 0.1) is 0 Å². The summed E-state index contributed by atoms with van der Waals surface area (Å²) in [5.41, 5.74) is 6.52. The molecule has 4 nitrogen and oxygen atoms in total. The first-order valence-corrected chi connectivity index (χ1v) is 8.81. The lowest BCUT2D eigenvalue weighted by Gasteiger charge is -2.05. The summed E-state index contributed by atoms with van der Waals surface area (Å²) in [5.74, 6) is -0.222. The van der Waals surface area contributed by atoms with Gasteiger partial charge in [0.25, 0.3) is 5.91 Å². The summed E-state index contributed by atoms with van der Waals surface area (Å²) in [6.45, 7) is 0.783. The van der Waals surface area contributed by atoms with E-state index in [0.29, 0.717) is 5.56 Å². The van der Waals surface area contributed by atoms with Crippen molar-refractivity contribution < 1.29 is 4.79 Å². The quantitative estimate of drug-likeness (QED) is 0.418. The SMILES string of the molecule is O=C(N/N=C\c1cn(Cc2ccccc2)c2ccccc12)c1ccccc1. The number of para-hydroxylation sites is 1. The molecule has 0 saturated heterocycles. The van der Waals surface area contributed by atoms with E-state index in [1.165, 1.54) is 5.56 Å². The molecule has 1 amide bonds. The van der Waals surface area contributed by atoms with Gasteiger partial charge in [-0.15, -0.1) is 0 Å². The van der Waals surface area contributed by atoms with Crippen LogP contribution in [0.1, 0.15) is 21.5 Å². The number of aromatic nitrogens is 1. The lowest BCUT2D eigenvalue weighted by Crippen LogP contribution is -2.17. The molecule has 1 heterocycles. The Labute approximate surface area is 157 Å². The van der Waals surface area contributed by atoms with Crippen LogP contribution in [-0.4, -0.2) is 16.7 Å². The van der Waals surface area contributed by atoms with Crippen LogP contribution < -0.4 is 5.43 Å². The highest BCUT2D eigenvalue weighted by atomic mass is 16.2. The Kier molecular flexibility index (Phi) is 4.79. The van der Waals surface area contributed by atoms with Crippen molar-refractivity contribution in [2.24, 2.45) is 5.10 Å². The molecule has 0 aliphatic carbocycles. The Morgan fingerprint density at radius 2 is 1.56 bits per heavy atom. The van der Waals surface area contributed by atoms with Crippen LogP contribution in [0.5, 0.6) is 0 Å². The van der Waals surface area contributed by atoms with Crippen LogP contribution >= 0.6 is 0 Å². The third-order valence-corrected chi connectivity index (χ3v) is 4.42. The summed E-state index contributed by atoms with van der Waals surface area (Å²) < 4.78 is 2.20. The molecule has 132 valence electrons. The molecular weight excluding hydrogens is 334 g/mol. The number of nitrogens with one attached hydrogen (secondary N) is 1. The summed E-state index contributed by atoms with van der Waals surface area (Å²) in [6.07, 6.45) is 3.76. The van der Waals surface area contributed by atoms with Crippen LogP contribution in [0.15, 0.2) is 96.2 Å². The lowest BCUT2D eigenvalue weighted by molar-refractivity contribution is 0.0955. The molecule has 0 atom stereocenters. The van der Waals surface area contributed by atoms with Gasteiger partial charge in [-0.05, 0) is 23.8 Å². The fourth-order valence-corrected chi connectivity index (χ4v) is 3.10. The van der Waals surface area contributed by atoms with Crippen LogP contribution in [0.25, 0.3) is 10.9 Å². The average molecular weight is 353 g/mol. The second-order valence-corrected chi connectivity index (χ2v) is 6.28. The lowest BCUT2D eigenvalue weighted by atomic mass is 10.2. The van der Waals surface area contributed by atoms with Crippen LogP contribution in [0.3, 0.4) is 0 Å². The number of rotatable bonds is 5. The summed E-state index contributed by atoms with van der Waals surface area (Å²) >= 11 is 0. The summed E-state index contributed by atoms with van der Waals surface area (Å²) in [4.78, 5) is 12.1. The van der Waals surface area contributed by atoms with Gasteiger partial charge in [-0.1, -0.05) is 66.7 Å². The number of carbonyl (C=O) groups is 1. The van der Waals surface area contributed by atoms with Gasteiger partial charge >= 0.3 is 0 Å². The number of benzene rings is 3. The maximum Gasteiger partial charge on any atom is 0.271 e. The largest absolute Gasteiger partial charge is 0.342 e. The first kappa shape index (κ1) is 16.8. The molecule has 0 saturated carbocycles. The molecule has 4 rings (SSSR count). The molecule has 0 unspecified atom stereocenters. The molecule has 0 fully saturated rings. The number of hydrazone groups is 1. The topological polar surface area (TPSA) is 46.4 Å². The molecule has 0 spiro atoms. The van der Waals surface area contributed by atoms with Crippen molar-refractivity contribution in [3.63, 3.8) is 0 Å². The molecule has 4 aromatic rings. The van der Waals surface area contributed by atoms with Crippen LogP contribution in [0.4, 0.5) is 0 Å². The van der Waals surface area contributed by atoms with Gasteiger partial charge in [0.05, 0.1) is 6.21 Å². The molecule has 27 heavy (non-hydrogen) atoms. The third kappa shape index (κ3) is 3.80. The highest BCUT2D eigenvalue weighted by Crippen LogP contribution is 2.21. The Hall–Kier alpha value is -3.66. The van der Waals surface area contributed by atoms with E-state index in [4.69, 9.17) is 0 Å². The number of nitrogens with zero attached hydrogens (tertiary/aromatic N) is 2. The standard InChI is InChI=1S/C23H19N3O/c27-23(19-11-5-2-6-12-19)25-24-15-20-17-26(16-18-9-3-1-4-10-18)22-14-8-7-13-21(20)22/h1-15,17H,16H2,(H,25,27)/b24-15-. The third-order valence-electron chi connectivity index (χ3n) is 4.42. The first-order valence-electron chi connectivity index (χ1n) is 8.81. The summed E-state index contributed by atoms with van der Waals surface area (Å²) in [6, 6.07) is 27.6. The van der Waals surface area contributed by atoms with Gasteiger partial charge < -0.3 is 4.57 Å². The van der Waals surface area contributed by atoms with Crippen molar-refractivity contribution in [1.82, 2.24) is 9.99 Å². The van der Waals surface area contributed by atoms with E-state index in [9.17, 15) is 4.79 Å². The second kappa shape index (κ2) is 7.70. The zero-order valence-electron chi connectivity index (χ0n) is 14.7. The van der Waals surface area contributed by atoms with Crippen molar-refractivity contribution in [3.8, 4) is 0 Å². The maximum absolute atomic E-state index is 12.1. The Morgan fingerprint density at radius 1 is 0.889 bits per heavy atom. The van der Waals surface area contributed by atoms with Crippen molar-refractivity contribution >= 4 is 23.0 Å². The normalized spacial score (nSPS) is 11.1. The van der Waals surface area contributed by atoms with Crippen LogP contribution in [0.2, 0.25) is 0 Å². The first-order chi connectivity index (χ1) is 13.3. The highest BCUT2D eigenvalue weighted by Gasteiger charge is 2.07. The highest BCUT2D eigenvalue weighted by molar-refractivity contribution is 6.00. The molecule has 0 aliphatic rings. The van der Waals surface area contributed by atoms with E-state index in [1.54, 1.807) is 18.3 Å². The average Bonchev–Trinajstić information content (AvgIpc) is 3.07. The molecule has 0 bridgehead atoms. The number of carbonyl (C=O) groups excluding carboxylic acids is 1. The van der Waals surface area contributed by atoms with E-state index < -0.39 is 0 Å². The van der Waals surface area contributed by atoms with Crippen molar-refractivity contribution in [1.29, 1.82) is 0 Å². The zero-order valence-corrected chi connectivity index (χ0v) is 14.7.